The van der Waals surface area contributed by atoms with Gasteiger partial charge in [0.25, 0.3) is 11.8 Å². The molecule has 0 radical (unpaired) electrons. The zero-order valence-corrected chi connectivity index (χ0v) is 16.0. The Morgan fingerprint density at radius 1 is 1.31 bits per heavy atom. The average Bonchev–Trinajstić information content (AvgIpc) is 2.95. The molecule has 3 unspecified atom stereocenters. The van der Waals surface area contributed by atoms with Crippen LogP contribution in [0.1, 0.15) is 47.8 Å². The largest absolute Gasteiger partial charge is 0.483 e. The molecule has 0 spiro atoms. The first-order valence-corrected chi connectivity index (χ1v) is 9.64. The standard InChI is InChI=1S/C19H26N4O6/c20-8-1-2-9-21-15(25)10-29-13-5-3-4-11-16(13)19(28)23(18(11)27)12-6-7-14(24)22-17(12)26/h3-5,12,17,19,26,28H,1-2,6-10,20H2,(H,21,25)(H,22,24). The predicted octanol–water partition coefficient (Wildman–Crippen LogP) is -1.04. The minimum Gasteiger partial charge on any atom is -0.483 e. The van der Waals surface area contributed by atoms with Crippen molar-refractivity contribution in [3.63, 3.8) is 0 Å². The summed E-state index contributed by atoms with van der Waals surface area (Å²) in [4.78, 5) is 37.3. The fraction of sp³-hybridized carbons (Fsp3) is 0.526. The molecular weight excluding hydrogens is 380 g/mol. The van der Waals surface area contributed by atoms with Crippen LogP contribution in [0.3, 0.4) is 0 Å². The summed E-state index contributed by atoms with van der Waals surface area (Å²) >= 11 is 0. The molecular formula is C19H26N4O6. The van der Waals surface area contributed by atoms with Gasteiger partial charge in [-0.05, 0) is 37.9 Å². The van der Waals surface area contributed by atoms with Crippen molar-refractivity contribution in [3.05, 3.63) is 29.3 Å². The number of aliphatic hydroxyl groups excluding tert-OH is 2. The number of rotatable bonds is 8. The second-order valence-electron chi connectivity index (χ2n) is 7.06. The number of amides is 3. The van der Waals surface area contributed by atoms with Gasteiger partial charge < -0.3 is 36.2 Å². The Bertz CT molecular complexity index is 786. The molecule has 2 aliphatic rings. The number of aliphatic hydroxyl groups is 2. The Hall–Kier alpha value is -2.69. The lowest BCUT2D eigenvalue weighted by Crippen LogP contribution is -2.56. The van der Waals surface area contributed by atoms with Crippen molar-refractivity contribution in [1.82, 2.24) is 15.5 Å². The Morgan fingerprint density at radius 3 is 2.83 bits per heavy atom. The highest BCUT2D eigenvalue weighted by molar-refractivity contribution is 6.00. The molecule has 6 N–H and O–H groups in total. The molecule has 1 aromatic rings. The van der Waals surface area contributed by atoms with E-state index >= 15 is 0 Å². The van der Waals surface area contributed by atoms with Gasteiger partial charge in [0.15, 0.2) is 12.8 Å². The predicted molar refractivity (Wildman–Crippen MR) is 102 cm³/mol. The van der Waals surface area contributed by atoms with Crippen LogP contribution in [0.4, 0.5) is 0 Å². The Labute approximate surface area is 168 Å². The van der Waals surface area contributed by atoms with Gasteiger partial charge in [-0.15, -0.1) is 0 Å². The van der Waals surface area contributed by atoms with Gasteiger partial charge in [-0.1, -0.05) is 6.07 Å². The summed E-state index contributed by atoms with van der Waals surface area (Å²) in [6.45, 7) is 0.791. The molecule has 10 nitrogen and oxygen atoms in total. The van der Waals surface area contributed by atoms with Crippen molar-refractivity contribution in [1.29, 1.82) is 0 Å². The lowest BCUT2D eigenvalue weighted by molar-refractivity contribution is -0.132. The van der Waals surface area contributed by atoms with Crippen LogP contribution >= 0.6 is 0 Å². The van der Waals surface area contributed by atoms with Gasteiger partial charge in [0.1, 0.15) is 12.0 Å². The van der Waals surface area contributed by atoms with Crippen molar-refractivity contribution in [2.75, 3.05) is 19.7 Å². The number of carbonyl (C=O) groups is 3. The van der Waals surface area contributed by atoms with E-state index in [1.54, 1.807) is 18.2 Å². The van der Waals surface area contributed by atoms with E-state index in [1.165, 1.54) is 0 Å². The normalized spacial score (nSPS) is 23.6. The van der Waals surface area contributed by atoms with Crippen LogP contribution in [-0.4, -0.2) is 64.8 Å². The number of hydrogen-bond acceptors (Lipinski definition) is 7. The minimum atomic E-state index is -1.35. The topological polar surface area (TPSA) is 154 Å². The van der Waals surface area contributed by atoms with Crippen LogP contribution in [-0.2, 0) is 9.59 Å². The molecule has 29 heavy (non-hydrogen) atoms. The van der Waals surface area contributed by atoms with Crippen LogP contribution in [0.5, 0.6) is 5.75 Å². The number of carbonyl (C=O) groups excluding carboxylic acids is 3. The average molecular weight is 406 g/mol. The second-order valence-corrected chi connectivity index (χ2v) is 7.06. The van der Waals surface area contributed by atoms with Gasteiger partial charge in [-0.25, -0.2) is 0 Å². The lowest BCUT2D eigenvalue weighted by atomic mass is 10.0. The third kappa shape index (κ3) is 4.50. The number of nitrogens with one attached hydrogen (secondary N) is 2. The van der Waals surface area contributed by atoms with Crippen molar-refractivity contribution in [3.8, 4) is 5.75 Å². The van der Waals surface area contributed by atoms with E-state index in [9.17, 15) is 24.6 Å². The first-order valence-electron chi connectivity index (χ1n) is 9.64. The summed E-state index contributed by atoms with van der Waals surface area (Å²) in [6.07, 6.45) is -0.673. The van der Waals surface area contributed by atoms with Gasteiger partial charge in [0.05, 0.1) is 17.2 Å². The number of nitrogens with zero attached hydrogens (tertiary/aromatic N) is 1. The maximum absolute atomic E-state index is 12.8. The van der Waals surface area contributed by atoms with Crippen molar-refractivity contribution >= 4 is 17.7 Å². The Balaban J connectivity index is 1.69. The number of hydrogen-bond donors (Lipinski definition) is 5. The molecule has 0 aliphatic carbocycles. The van der Waals surface area contributed by atoms with Crippen molar-refractivity contribution in [2.45, 2.75) is 44.2 Å². The quantitative estimate of drug-likeness (QED) is 0.346. The van der Waals surface area contributed by atoms with Crippen molar-refractivity contribution < 1.29 is 29.3 Å². The van der Waals surface area contributed by atoms with E-state index in [0.717, 1.165) is 17.7 Å². The highest BCUT2D eigenvalue weighted by atomic mass is 16.5. The summed E-state index contributed by atoms with van der Waals surface area (Å²) < 4.78 is 5.56. The summed E-state index contributed by atoms with van der Waals surface area (Å²) in [7, 11) is 0. The zero-order valence-electron chi connectivity index (χ0n) is 16.0. The summed E-state index contributed by atoms with van der Waals surface area (Å²) in [5.74, 6) is -0.878. The van der Waals surface area contributed by atoms with E-state index in [1.807, 2.05) is 0 Å². The van der Waals surface area contributed by atoms with Crippen LogP contribution in [0.15, 0.2) is 18.2 Å². The summed E-state index contributed by atoms with van der Waals surface area (Å²) in [5, 5.41) is 26.0. The van der Waals surface area contributed by atoms with Crippen LogP contribution in [0, 0.1) is 0 Å². The maximum atomic E-state index is 12.8. The minimum absolute atomic E-state index is 0.141. The molecule has 3 atom stereocenters. The molecule has 0 aromatic heterocycles. The van der Waals surface area contributed by atoms with Gasteiger partial charge in [0.2, 0.25) is 5.91 Å². The molecule has 3 amide bonds. The summed E-state index contributed by atoms with van der Waals surface area (Å²) in [6, 6.07) is 3.95. The van der Waals surface area contributed by atoms with E-state index in [4.69, 9.17) is 10.5 Å². The van der Waals surface area contributed by atoms with Gasteiger partial charge in [-0.2, -0.15) is 0 Å². The molecule has 1 fully saturated rings. The smallest absolute Gasteiger partial charge is 0.257 e. The number of unbranched alkanes of at least 4 members (excludes halogenated alkanes) is 1. The third-order valence-electron chi connectivity index (χ3n) is 5.06. The van der Waals surface area contributed by atoms with Crippen molar-refractivity contribution in [2.24, 2.45) is 5.73 Å². The molecule has 1 aromatic carbocycles. The summed E-state index contributed by atoms with van der Waals surface area (Å²) in [5.41, 5.74) is 5.89. The van der Waals surface area contributed by atoms with Crippen LogP contribution in [0.2, 0.25) is 0 Å². The molecule has 0 bridgehead atoms. The number of benzene rings is 1. The molecule has 10 heteroatoms. The first kappa shape index (κ1) is 21.0. The van der Waals surface area contributed by atoms with E-state index in [2.05, 4.69) is 10.6 Å². The van der Waals surface area contributed by atoms with Crippen LogP contribution in [0.25, 0.3) is 0 Å². The zero-order chi connectivity index (χ0) is 21.0. The highest BCUT2D eigenvalue weighted by Crippen LogP contribution is 2.40. The first-order chi connectivity index (χ1) is 13.9. The molecule has 2 aliphatic heterocycles. The van der Waals surface area contributed by atoms with E-state index in [0.29, 0.717) is 13.1 Å². The maximum Gasteiger partial charge on any atom is 0.257 e. The molecule has 1 saturated heterocycles. The Kier molecular flexibility index (Phi) is 6.68. The molecule has 0 saturated carbocycles. The van der Waals surface area contributed by atoms with Crippen LogP contribution < -0.4 is 21.1 Å². The third-order valence-corrected chi connectivity index (χ3v) is 5.06. The second kappa shape index (κ2) is 9.21. The Morgan fingerprint density at radius 2 is 2.10 bits per heavy atom. The SMILES string of the molecule is NCCCCNC(=O)COc1cccc2c1C(O)N(C1CCC(=O)NC1O)C2=O. The van der Waals surface area contributed by atoms with Gasteiger partial charge >= 0.3 is 0 Å². The molecule has 2 heterocycles. The van der Waals surface area contributed by atoms with Gasteiger partial charge in [-0.3, -0.25) is 14.4 Å². The fourth-order valence-corrected chi connectivity index (χ4v) is 3.60. The molecule has 158 valence electrons. The van der Waals surface area contributed by atoms with E-state index < -0.39 is 24.4 Å². The fourth-order valence-electron chi connectivity index (χ4n) is 3.60. The van der Waals surface area contributed by atoms with E-state index in [-0.39, 0.29) is 48.1 Å². The number of ether oxygens (including phenoxy) is 1. The number of piperidine rings is 1. The number of nitrogens with two attached hydrogens (primary N) is 1. The highest BCUT2D eigenvalue weighted by Gasteiger charge is 2.45. The monoisotopic (exact) mass is 406 g/mol. The number of fused-ring (bicyclic) bond motifs is 1. The van der Waals surface area contributed by atoms with Gasteiger partial charge in [0, 0.05) is 13.0 Å². The lowest BCUT2D eigenvalue weighted by Gasteiger charge is -2.37. The molecule has 3 rings (SSSR count).